The highest BCUT2D eigenvalue weighted by molar-refractivity contribution is 7.13. The molecule has 1 atom stereocenters. The third-order valence-corrected chi connectivity index (χ3v) is 4.43. The van der Waals surface area contributed by atoms with Crippen molar-refractivity contribution in [1.29, 1.82) is 0 Å². The van der Waals surface area contributed by atoms with Crippen LogP contribution in [-0.2, 0) is 11.2 Å². The quantitative estimate of drug-likeness (QED) is 0.846. The van der Waals surface area contributed by atoms with Crippen molar-refractivity contribution < 1.29 is 4.74 Å². The van der Waals surface area contributed by atoms with Crippen LogP contribution < -0.4 is 0 Å². The molecule has 1 fully saturated rings. The molecule has 2 aromatic rings. The summed E-state index contributed by atoms with van der Waals surface area (Å²) in [5, 5.41) is 3.91. The molecule has 1 unspecified atom stereocenters. The Hall–Kier alpha value is -0.900. The summed E-state index contributed by atoms with van der Waals surface area (Å²) >= 11 is 7.85. The van der Waals surface area contributed by atoms with Crippen molar-refractivity contribution in [1.82, 2.24) is 4.98 Å². The fraction of sp³-hybridized carbons (Fsp3) is 0.357. The molecule has 2 nitrogen and oxygen atoms in total. The zero-order valence-electron chi connectivity index (χ0n) is 9.93. The zero-order valence-corrected chi connectivity index (χ0v) is 11.5. The predicted molar refractivity (Wildman–Crippen MR) is 75.2 cm³/mol. The van der Waals surface area contributed by atoms with Crippen LogP contribution in [0.25, 0.3) is 10.6 Å². The maximum atomic E-state index is 6.18. The van der Waals surface area contributed by atoms with Gasteiger partial charge in [0.05, 0.1) is 10.7 Å². The van der Waals surface area contributed by atoms with Crippen molar-refractivity contribution >= 4 is 22.9 Å². The Kier molecular flexibility index (Phi) is 3.64. The van der Waals surface area contributed by atoms with Crippen LogP contribution >= 0.6 is 22.9 Å². The van der Waals surface area contributed by atoms with Crippen LogP contribution in [0.1, 0.15) is 12.1 Å². The molecule has 1 aliphatic heterocycles. The maximum Gasteiger partial charge on any atom is 0.125 e. The minimum atomic E-state index is 0.631. The van der Waals surface area contributed by atoms with Gasteiger partial charge in [0.2, 0.25) is 0 Å². The van der Waals surface area contributed by atoms with Gasteiger partial charge in [-0.3, -0.25) is 0 Å². The molecule has 18 heavy (non-hydrogen) atoms. The van der Waals surface area contributed by atoms with E-state index in [1.807, 2.05) is 24.3 Å². The Labute approximate surface area is 116 Å². The van der Waals surface area contributed by atoms with Crippen molar-refractivity contribution in [3.05, 3.63) is 40.4 Å². The first-order valence-electron chi connectivity index (χ1n) is 6.10. The van der Waals surface area contributed by atoms with Gasteiger partial charge in [-0.15, -0.1) is 11.3 Å². The molecule has 0 amide bonds. The van der Waals surface area contributed by atoms with E-state index in [1.165, 1.54) is 0 Å². The molecule has 0 spiro atoms. The molecule has 0 N–H and O–H groups in total. The third kappa shape index (κ3) is 2.58. The fourth-order valence-corrected chi connectivity index (χ4v) is 3.35. The molecule has 0 saturated carbocycles. The SMILES string of the molecule is Clc1ccccc1-c1nc(CC2CCOC2)cs1. The predicted octanol–water partition coefficient (Wildman–Crippen LogP) is 4.04. The number of rotatable bonds is 3. The molecule has 0 aliphatic carbocycles. The van der Waals surface area contributed by atoms with Crippen LogP contribution in [0.2, 0.25) is 5.02 Å². The highest BCUT2D eigenvalue weighted by Crippen LogP contribution is 2.31. The summed E-state index contributed by atoms with van der Waals surface area (Å²) in [5.74, 6) is 0.631. The smallest absolute Gasteiger partial charge is 0.125 e. The first-order valence-corrected chi connectivity index (χ1v) is 7.36. The summed E-state index contributed by atoms with van der Waals surface area (Å²) in [6.07, 6.45) is 2.17. The molecular formula is C14H14ClNOS. The number of halogens is 1. The lowest BCUT2D eigenvalue weighted by Gasteiger charge is -2.03. The van der Waals surface area contributed by atoms with Gasteiger partial charge in [0.25, 0.3) is 0 Å². The van der Waals surface area contributed by atoms with Crippen LogP contribution in [0.4, 0.5) is 0 Å². The second kappa shape index (κ2) is 5.39. The molecule has 2 heterocycles. The highest BCUT2D eigenvalue weighted by Gasteiger charge is 2.18. The van der Waals surface area contributed by atoms with Gasteiger partial charge in [0.1, 0.15) is 5.01 Å². The van der Waals surface area contributed by atoms with Crippen LogP contribution in [-0.4, -0.2) is 18.2 Å². The van der Waals surface area contributed by atoms with Crippen molar-refractivity contribution in [3.8, 4) is 10.6 Å². The standard InChI is InChI=1S/C14H14ClNOS/c15-13-4-2-1-3-12(13)14-16-11(9-18-14)7-10-5-6-17-8-10/h1-4,9-10H,5-8H2. The van der Waals surface area contributed by atoms with Gasteiger partial charge in [0, 0.05) is 24.2 Å². The topological polar surface area (TPSA) is 22.1 Å². The van der Waals surface area contributed by atoms with E-state index in [9.17, 15) is 0 Å². The van der Waals surface area contributed by atoms with Crippen LogP contribution in [0.3, 0.4) is 0 Å². The first-order chi connectivity index (χ1) is 8.83. The lowest BCUT2D eigenvalue weighted by Crippen LogP contribution is -2.03. The summed E-state index contributed by atoms with van der Waals surface area (Å²) in [6, 6.07) is 7.86. The number of nitrogens with zero attached hydrogens (tertiary/aromatic N) is 1. The third-order valence-electron chi connectivity index (χ3n) is 3.18. The largest absolute Gasteiger partial charge is 0.381 e. The van der Waals surface area contributed by atoms with E-state index in [-0.39, 0.29) is 0 Å². The zero-order chi connectivity index (χ0) is 12.4. The maximum absolute atomic E-state index is 6.18. The molecule has 94 valence electrons. The Balaban J connectivity index is 1.79. The van der Waals surface area contributed by atoms with Gasteiger partial charge < -0.3 is 4.74 Å². The van der Waals surface area contributed by atoms with E-state index in [1.54, 1.807) is 11.3 Å². The summed E-state index contributed by atoms with van der Waals surface area (Å²) in [4.78, 5) is 4.68. The fourth-order valence-electron chi connectivity index (χ4n) is 2.20. The van der Waals surface area contributed by atoms with Crippen LogP contribution in [0.15, 0.2) is 29.6 Å². The van der Waals surface area contributed by atoms with Gasteiger partial charge in [-0.2, -0.15) is 0 Å². The summed E-state index contributed by atoms with van der Waals surface area (Å²) in [5.41, 5.74) is 2.18. The van der Waals surface area contributed by atoms with Crippen molar-refractivity contribution in [2.24, 2.45) is 5.92 Å². The Morgan fingerprint density at radius 3 is 3.06 bits per heavy atom. The molecule has 1 aromatic heterocycles. The van der Waals surface area contributed by atoms with Crippen molar-refractivity contribution in [2.75, 3.05) is 13.2 Å². The number of hydrogen-bond acceptors (Lipinski definition) is 3. The number of thiazole rings is 1. The lowest BCUT2D eigenvalue weighted by molar-refractivity contribution is 0.185. The van der Waals surface area contributed by atoms with Crippen molar-refractivity contribution in [3.63, 3.8) is 0 Å². The molecule has 1 aromatic carbocycles. The van der Waals surface area contributed by atoms with E-state index >= 15 is 0 Å². The van der Waals surface area contributed by atoms with Gasteiger partial charge in [0.15, 0.2) is 0 Å². The van der Waals surface area contributed by atoms with Gasteiger partial charge >= 0.3 is 0 Å². The second-order valence-corrected chi connectivity index (χ2v) is 5.82. The molecule has 0 radical (unpaired) electrons. The Morgan fingerprint density at radius 1 is 1.39 bits per heavy atom. The summed E-state index contributed by atoms with van der Waals surface area (Å²) in [6.45, 7) is 1.77. The van der Waals surface area contributed by atoms with E-state index in [2.05, 4.69) is 10.4 Å². The summed E-state index contributed by atoms with van der Waals surface area (Å²) < 4.78 is 5.39. The van der Waals surface area contributed by atoms with Crippen LogP contribution in [0, 0.1) is 5.92 Å². The monoisotopic (exact) mass is 279 g/mol. The average Bonchev–Trinajstić information content (AvgIpc) is 3.02. The van der Waals surface area contributed by atoms with Gasteiger partial charge in [-0.25, -0.2) is 4.98 Å². The normalized spacial score (nSPS) is 19.3. The lowest BCUT2D eigenvalue weighted by atomic mass is 10.0. The van der Waals surface area contributed by atoms with Crippen LogP contribution in [0.5, 0.6) is 0 Å². The molecule has 4 heteroatoms. The van der Waals surface area contributed by atoms with Crippen molar-refractivity contribution in [2.45, 2.75) is 12.8 Å². The summed E-state index contributed by atoms with van der Waals surface area (Å²) in [7, 11) is 0. The number of hydrogen-bond donors (Lipinski definition) is 0. The molecule has 1 aliphatic rings. The van der Waals surface area contributed by atoms with Gasteiger partial charge in [-0.05, 0) is 24.8 Å². The molecular weight excluding hydrogens is 266 g/mol. The molecule has 1 saturated heterocycles. The molecule has 3 rings (SSSR count). The second-order valence-electron chi connectivity index (χ2n) is 4.56. The van der Waals surface area contributed by atoms with E-state index < -0.39 is 0 Å². The van der Waals surface area contributed by atoms with E-state index in [4.69, 9.17) is 16.3 Å². The molecule has 0 bridgehead atoms. The van der Waals surface area contributed by atoms with E-state index in [0.717, 1.165) is 47.3 Å². The minimum Gasteiger partial charge on any atom is -0.381 e. The average molecular weight is 280 g/mol. The Bertz CT molecular complexity index is 534. The Morgan fingerprint density at radius 2 is 2.28 bits per heavy atom. The van der Waals surface area contributed by atoms with Gasteiger partial charge in [-0.1, -0.05) is 29.8 Å². The number of ether oxygens (including phenoxy) is 1. The van der Waals surface area contributed by atoms with E-state index in [0.29, 0.717) is 5.92 Å². The number of aromatic nitrogens is 1. The first kappa shape index (κ1) is 12.2. The highest BCUT2D eigenvalue weighted by atomic mass is 35.5. The number of benzene rings is 1. The minimum absolute atomic E-state index is 0.631.